The van der Waals surface area contributed by atoms with Gasteiger partial charge < -0.3 is 24.9 Å². The normalized spacial score (nSPS) is 15.8. The monoisotopic (exact) mass is 754 g/mol. The molecule has 9 nitrogen and oxygen atoms in total. The summed E-state index contributed by atoms with van der Waals surface area (Å²) in [6, 6.07) is -0.908. The van der Waals surface area contributed by atoms with Crippen LogP contribution in [0.4, 0.5) is 0 Å². The summed E-state index contributed by atoms with van der Waals surface area (Å²) in [6.07, 6.45) is 38.8. The molecule has 0 aromatic heterocycles. The van der Waals surface area contributed by atoms with E-state index in [1.165, 1.54) is 70.6 Å². The Morgan fingerprint density at radius 3 is 1.96 bits per heavy atom. The van der Waals surface area contributed by atoms with Crippen molar-refractivity contribution in [3.05, 3.63) is 60.8 Å². The van der Waals surface area contributed by atoms with Crippen LogP contribution in [0.3, 0.4) is 0 Å². The van der Waals surface area contributed by atoms with Gasteiger partial charge in [0.2, 0.25) is 5.91 Å². The molecule has 0 radical (unpaired) electrons. The number of nitrogens with zero attached hydrogens (tertiary/aromatic N) is 1. The second-order valence-electron chi connectivity index (χ2n) is 14.9. The first-order valence-electron chi connectivity index (χ1n) is 20.3. The van der Waals surface area contributed by atoms with Crippen LogP contribution in [0.1, 0.15) is 142 Å². The SMILES string of the molecule is CCCCC/C=C\C/C=C\CC(O)/C=C\C=C\CCCC(=O)N[C@@H](COP(=O)(O)OCC[N+](C)(C)C)[C@H](O)/C=C/CCCCCCCCCCCC. The van der Waals surface area contributed by atoms with Crippen molar-refractivity contribution in [2.75, 3.05) is 40.9 Å². The first-order chi connectivity index (χ1) is 24.9. The maximum absolute atomic E-state index is 12.8. The molecule has 0 heterocycles. The fourth-order valence-electron chi connectivity index (χ4n) is 5.23. The number of nitrogens with one attached hydrogen (secondary N) is 1. The Hall–Kier alpha value is -1.84. The number of carbonyl (C=O) groups is 1. The third-order valence-electron chi connectivity index (χ3n) is 8.56. The van der Waals surface area contributed by atoms with Crippen molar-refractivity contribution < 1.29 is 38.0 Å². The second-order valence-corrected chi connectivity index (χ2v) is 16.3. The number of unbranched alkanes of at least 4 members (excludes halogenated alkanes) is 14. The number of hydrogen-bond acceptors (Lipinski definition) is 6. The molecule has 0 saturated carbocycles. The van der Waals surface area contributed by atoms with E-state index in [1.54, 1.807) is 12.2 Å². The van der Waals surface area contributed by atoms with Crippen LogP contribution in [-0.4, -0.2) is 84.6 Å². The number of rotatable bonds is 35. The Balaban J connectivity index is 4.71. The van der Waals surface area contributed by atoms with Crippen LogP contribution < -0.4 is 5.32 Å². The molecular weight excluding hydrogens is 675 g/mol. The Bertz CT molecular complexity index is 1050. The van der Waals surface area contributed by atoms with Gasteiger partial charge >= 0.3 is 7.82 Å². The van der Waals surface area contributed by atoms with Crippen LogP contribution in [-0.2, 0) is 18.4 Å². The third kappa shape index (κ3) is 35.2. The quantitative estimate of drug-likeness (QED) is 0.0167. The largest absolute Gasteiger partial charge is 0.472 e. The van der Waals surface area contributed by atoms with Crippen LogP contribution in [0.25, 0.3) is 0 Å². The number of carbonyl (C=O) groups excluding carboxylic acids is 1. The molecule has 0 bridgehead atoms. The average molecular weight is 754 g/mol. The lowest BCUT2D eigenvalue weighted by Gasteiger charge is -2.25. The molecule has 0 rings (SSSR count). The summed E-state index contributed by atoms with van der Waals surface area (Å²) in [5.74, 6) is -0.281. The van der Waals surface area contributed by atoms with E-state index >= 15 is 0 Å². The summed E-state index contributed by atoms with van der Waals surface area (Å²) >= 11 is 0. The standard InChI is InChI=1S/C42H77N2O7P/c1-6-8-10-12-14-16-17-18-20-22-26-30-34-41(46)40(38-51-52(48,49)50-37-36-44(3,4)5)43-42(47)35-31-27-23-25-29-33-39(45)32-28-24-21-19-15-13-11-9-7-2/h15,19,23-25,28-30,33-34,39-41,45-46H,6-14,16-18,20-22,26-27,31-32,35-38H2,1-5H3,(H-,43,47,48,49)/p+1/b19-15-,25-23+,28-24-,33-29-,34-30+/t39?,40-,41+/m0/s1. The van der Waals surface area contributed by atoms with Gasteiger partial charge in [0.05, 0.1) is 46.0 Å². The number of phosphoric acid groups is 1. The maximum atomic E-state index is 12.8. The fourth-order valence-corrected chi connectivity index (χ4v) is 5.96. The Kier molecular flexibility index (Phi) is 32.5. The van der Waals surface area contributed by atoms with Gasteiger partial charge in [0.1, 0.15) is 13.2 Å². The minimum atomic E-state index is -4.37. The summed E-state index contributed by atoms with van der Waals surface area (Å²) < 4.78 is 23.4. The van der Waals surface area contributed by atoms with E-state index in [-0.39, 0.29) is 25.5 Å². The molecule has 1 amide bonds. The smallest absolute Gasteiger partial charge is 0.389 e. The van der Waals surface area contributed by atoms with Gasteiger partial charge in [-0.15, -0.1) is 0 Å². The van der Waals surface area contributed by atoms with Crippen LogP contribution in [0.15, 0.2) is 60.8 Å². The van der Waals surface area contributed by atoms with Crippen molar-refractivity contribution in [2.45, 2.75) is 161 Å². The number of likely N-dealkylation sites (N-methyl/N-ethyl adjacent to an activating group) is 1. The number of aliphatic hydroxyl groups excluding tert-OH is 2. The molecule has 4 atom stereocenters. The highest BCUT2D eigenvalue weighted by Gasteiger charge is 2.27. The van der Waals surface area contributed by atoms with Crippen molar-refractivity contribution >= 4 is 13.7 Å². The minimum absolute atomic E-state index is 0.0332. The maximum Gasteiger partial charge on any atom is 0.472 e. The number of allylic oxidation sites excluding steroid dienone is 7. The highest BCUT2D eigenvalue weighted by Crippen LogP contribution is 2.43. The van der Waals surface area contributed by atoms with Gasteiger partial charge in [-0.3, -0.25) is 13.8 Å². The molecule has 0 saturated heterocycles. The van der Waals surface area contributed by atoms with Gasteiger partial charge in [-0.05, 0) is 51.4 Å². The predicted octanol–water partition coefficient (Wildman–Crippen LogP) is 9.66. The summed E-state index contributed by atoms with van der Waals surface area (Å²) in [4.78, 5) is 23.0. The molecule has 0 spiro atoms. The van der Waals surface area contributed by atoms with Crippen LogP contribution in [0.5, 0.6) is 0 Å². The lowest BCUT2D eigenvalue weighted by atomic mass is 10.1. The Morgan fingerprint density at radius 1 is 0.712 bits per heavy atom. The van der Waals surface area contributed by atoms with E-state index < -0.39 is 26.1 Å². The molecule has 0 aliphatic heterocycles. The summed E-state index contributed by atoms with van der Waals surface area (Å²) in [5, 5.41) is 23.8. The lowest BCUT2D eigenvalue weighted by molar-refractivity contribution is -0.870. The van der Waals surface area contributed by atoms with Gasteiger partial charge in [-0.25, -0.2) is 4.57 Å². The van der Waals surface area contributed by atoms with Crippen molar-refractivity contribution in [1.29, 1.82) is 0 Å². The Morgan fingerprint density at radius 2 is 1.29 bits per heavy atom. The summed E-state index contributed by atoms with van der Waals surface area (Å²) in [6.45, 7) is 4.62. The van der Waals surface area contributed by atoms with E-state index in [0.717, 1.165) is 32.1 Å². The summed E-state index contributed by atoms with van der Waals surface area (Å²) in [7, 11) is 1.47. The molecule has 0 aromatic carbocycles. The minimum Gasteiger partial charge on any atom is -0.389 e. The number of amides is 1. The van der Waals surface area contributed by atoms with E-state index in [4.69, 9.17) is 9.05 Å². The zero-order valence-corrected chi connectivity index (χ0v) is 34.5. The molecule has 52 heavy (non-hydrogen) atoms. The molecule has 0 aromatic rings. The number of phosphoric ester groups is 1. The van der Waals surface area contributed by atoms with E-state index in [2.05, 4.69) is 37.4 Å². The molecule has 10 heteroatoms. The lowest BCUT2D eigenvalue weighted by Crippen LogP contribution is -2.45. The van der Waals surface area contributed by atoms with E-state index in [0.29, 0.717) is 30.3 Å². The highest BCUT2D eigenvalue weighted by atomic mass is 31.2. The van der Waals surface area contributed by atoms with Gasteiger partial charge in [0.15, 0.2) is 0 Å². The molecule has 302 valence electrons. The molecule has 0 aliphatic rings. The molecule has 0 aliphatic carbocycles. The van der Waals surface area contributed by atoms with Gasteiger partial charge in [-0.2, -0.15) is 0 Å². The number of hydrogen-bond donors (Lipinski definition) is 4. The number of quaternary nitrogens is 1. The zero-order chi connectivity index (χ0) is 38.8. The third-order valence-corrected chi connectivity index (χ3v) is 9.55. The van der Waals surface area contributed by atoms with Crippen LogP contribution >= 0.6 is 7.82 Å². The van der Waals surface area contributed by atoms with Crippen molar-refractivity contribution in [3.63, 3.8) is 0 Å². The first kappa shape index (κ1) is 50.2. The highest BCUT2D eigenvalue weighted by molar-refractivity contribution is 7.47. The molecule has 0 fully saturated rings. The second kappa shape index (κ2) is 33.7. The fraction of sp³-hybridized carbons (Fsp3) is 0.738. The Labute approximate surface area is 318 Å². The van der Waals surface area contributed by atoms with Crippen LogP contribution in [0, 0.1) is 0 Å². The summed E-state index contributed by atoms with van der Waals surface area (Å²) in [5.41, 5.74) is 0. The zero-order valence-electron chi connectivity index (χ0n) is 33.6. The van der Waals surface area contributed by atoms with Crippen molar-refractivity contribution in [3.8, 4) is 0 Å². The predicted molar refractivity (Wildman–Crippen MR) is 218 cm³/mol. The van der Waals surface area contributed by atoms with Crippen LogP contribution in [0.2, 0.25) is 0 Å². The van der Waals surface area contributed by atoms with E-state index in [1.807, 2.05) is 51.5 Å². The number of aliphatic hydroxyl groups is 2. The topological polar surface area (TPSA) is 125 Å². The van der Waals surface area contributed by atoms with Gasteiger partial charge in [0, 0.05) is 6.42 Å². The van der Waals surface area contributed by atoms with Crippen molar-refractivity contribution in [2.24, 2.45) is 0 Å². The van der Waals surface area contributed by atoms with Crippen molar-refractivity contribution in [1.82, 2.24) is 5.32 Å². The molecule has 2 unspecified atom stereocenters. The molecular formula is C42H78N2O7P+. The van der Waals surface area contributed by atoms with Gasteiger partial charge in [0.25, 0.3) is 0 Å². The van der Waals surface area contributed by atoms with Gasteiger partial charge in [-0.1, -0.05) is 145 Å². The molecule has 4 N–H and O–H groups in total. The first-order valence-corrected chi connectivity index (χ1v) is 21.8. The van der Waals surface area contributed by atoms with E-state index in [9.17, 15) is 24.5 Å². The average Bonchev–Trinajstić information content (AvgIpc) is 3.08.